The van der Waals surface area contributed by atoms with E-state index >= 15 is 0 Å². The van der Waals surface area contributed by atoms with E-state index in [0.29, 0.717) is 13.1 Å². The molecule has 0 radical (unpaired) electrons. The van der Waals surface area contributed by atoms with Gasteiger partial charge in [0, 0.05) is 18.1 Å². The minimum absolute atomic E-state index is 0.434. The maximum absolute atomic E-state index is 9.68. The lowest BCUT2D eigenvalue weighted by Crippen LogP contribution is -2.43. The molecule has 0 bridgehead atoms. The topological polar surface area (TPSA) is 56.6 Å². The number of thiazole rings is 1. The molecule has 1 aromatic heterocycles. The molecule has 0 spiro atoms. The van der Waals surface area contributed by atoms with Crippen molar-refractivity contribution in [1.29, 1.82) is 0 Å². The van der Waals surface area contributed by atoms with Crippen molar-refractivity contribution in [3.63, 3.8) is 0 Å². The molecule has 1 rings (SSSR count). The molecular weight excluding hydrogens is 212 g/mol. The lowest BCUT2D eigenvalue weighted by atomic mass is 10.0. The Morgan fingerprint density at radius 3 is 2.73 bits per heavy atom. The van der Waals surface area contributed by atoms with Gasteiger partial charge in [0.2, 0.25) is 0 Å². The molecule has 1 atom stereocenters. The van der Waals surface area contributed by atoms with Crippen molar-refractivity contribution >= 4 is 11.3 Å². The Kier molecular flexibility index (Phi) is 4.21. The number of aliphatic hydroxyl groups excluding tert-OH is 1. The molecule has 2 N–H and O–H groups in total. The number of aromatic nitrogens is 1. The van der Waals surface area contributed by atoms with E-state index in [4.69, 9.17) is 0 Å². The van der Waals surface area contributed by atoms with E-state index < -0.39 is 11.7 Å². The van der Waals surface area contributed by atoms with Crippen molar-refractivity contribution < 1.29 is 10.2 Å². The molecule has 5 heteroatoms. The summed E-state index contributed by atoms with van der Waals surface area (Å²) in [5, 5.41) is 22.2. The van der Waals surface area contributed by atoms with Crippen LogP contribution in [-0.4, -0.2) is 45.4 Å². The first-order valence-corrected chi connectivity index (χ1v) is 5.75. The molecule has 0 aromatic carbocycles. The van der Waals surface area contributed by atoms with Gasteiger partial charge >= 0.3 is 0 Å². The normalized spacial score (nSPS) is 14.5. The standard InChI is InChI=1S/C10H18N2O2S/c1-10(2,14)8(13)6-12(3)7-9-11-4-5-15-9/h4-5,8,13-14H,6-7H2,1-3H3. The molecule has 0 aliphatic carbocycles. The Labute approximate surface area is 94.2 Å². The lowest BCUT2D eigenvalue weighted by molar-refractivity contribution is -0.0598. The van der Waals surface area contributed by atoms with Crippen LogP contribution in [0.25, 0.3) is 0 Å². The summed E-state index contributed by atoms with van der Waals surface area (Å²) >= 11 is 1.59. The Hall–Kier alpha value is -0.490. The van der Waals surface area contributed by atoms with Gasteiger partial charge in [0.1, 0.15) is 5.01 Å². The van der Waals surface area contributed by atoms with Crippen LogP contribution in [0.2, 0.25) is 0 Å². The molecule has 0 saturated carbocycles. The van der Waals surface area contributed by atoms with E-state index in [9.17, 15) is 10.2 Å². The van der Waals surface area contributed by atoms with Gasteiger partial charge in [-0.05, 0) is 20.9 Å². The van der Waals surface area contributed by atoms with E-state index in [-0.39, 0.29) is 0 Å². The summed E-state index contributed by atoms with van der Waals surface area (Å²) in [5.74, 6) is 0. The zero-order chi connectivity index (χ0) is 11.5. The summed E-state index contributed by atoms with van der Waals surface area (Å²) in [5.41, 5.74) is -1.06. The number of likely N-dealkylation sites (N-methyl/N-ethyl adjacent to an activating group) is 1. The summed E-state index contributed by atoms with van der Waals surface area (Å²) in [6.07, 6.45) is 1.02. The first-order chi connectivity index (χ1) is 6.89. The highest BCUT2D eigenvalue weighted by Crippen LogP contribution is 2.12. The largest absolute Gasteiger partial charge is 0.389 e. The highest BCUT2D eigenvalue weighted by molar-refractivity contribution is 7.09. The SMILES string of the molecule is CN(Cc1nccs1)CC(O)C(C)(C)O. The second kappa shape index (κ2) is 5.03. The zero-order valence-electron chi connectivity index (χ0n) is 9.34. The van der Waals surface area contributed by atoms with Gasteiger partial charge in [0.05, 0.1) is 18.2 Å². The van der Waals surface area contributed by atoms with Crippen LogP contribution in [0.4, 0.5) is 0 Å². The number of hydrogen-bond acceptors (Lipinski definition) is 5. The van der Waals surface area contributed by atoms with Gasteiger partial charge in [-0.15, -0.1) is 11.3 Å². The van der Waals surface area contributed by atoms with Crippen LogP contribution in [0.3, 0.4) is 0 Å². The molecule has 4 nitrogen and oxygen atoms in total. The Bertz CT molecular complexity index is 282. The summed E-state index contributed by atoms with van der Waals surface area (Å²) in [4.78, 5) is 6.10. The average molecular weight is 230 g/mol. The zero-order valence-corrected chi connectivity index (χ0v) is 10.2. The maximum atomic E-state index is 9.68. The van der Waals surface area contributed by atoms with Crippen LogP contribution in [0.15, 0.2) is 11.6 Å². The maximum Gasteiger partial charge on any atom is 0.107 e. The van der Waals surface area contributed by atoms with Gasteiger partial charge in [-0.1, -0.05) is 0 Å². The van der Waals surface area contributed by atoms with Crippen LogP contribution >= 0.6 is 11.3 Å². The van der Waals surface area contributed by atoms with Crippen molar-refractivity contribution in [2.75, 3.05) is 13.6 Å². The predicted octanol–water partition coefficient (Wildman–Crippen LogP) is 0.707. The van der Waals surface area contributed by atoms with Crippen LogP contribution in [0.5, 0.6) is 0 Å². The van der Waals surface area contributed by atoms with E-state index in [1.807, 2.05) is 17.3 Å². The predicted molar refractivity (Wildman–Crippen MR) is 60.8 cm³/mol. The van der Waals surface area contributed by atoms with Gasteiger partial charge in [0.25, 0.3) is 0 Å². The average Bonchev–Trinajstić information content (AvgIpc) is 2.54. The lowest BCUT2D eigenvalue weighted by Gasteiger charge is -2.28. The van der Waals surface area contributed by atoms with Gasteiger partial charge in [-0.3, -0.25) is 4.90 Å². The van der Waals surface area contributed by atoms with Crippen molar-refractivity contribution in [3.8, 4) is 0 Å². The number of nitrogens with zero attached hydrogens (tertiary/aromatic N) is 2. The van der Waals surface area contributed by atoms with E-state index in [1.54, 1.807) is 31.4 Å². The van der Waals surface area contributed by atoms with E-state index in [1.165, 1.54) is 0 Å². The Morgan fingerprint density at radius 1 is 1.60 bits per heavy atom. The second-order valence-electron chi connectivity index (χ2n) is 4.29. The van der Waals surface area contributed by atoms with Crippen LogP contribution in [0, 0.1) is 0 Å². The molecule has 0 aliphatic heterocycles. The minimum atomic E-state index is -1.06. The summed E-state index contributed by atoms with van der Waals surface area (Å²) in [6.45, 7) is 4.34. The minimum Gasteiger partial charge on any atom is -0.389 e. The smallest absolute Gasteiger partial charge is 0.107 e. The molecule has 86 valence electrons. The monoisotopic (exact) mass is 230 g/mol. The molecule has 0 amide bonds. The number of rotatable bonds is 5. The quantitative estimate of drug-likeness (QED) is 0.782. The van der Waals surface area contributed by atoms with Gasteiger partial charge < -0.3 is 10.2 Å². The van der Waals surface area contributed by atoms with E-state index in [0.717, 1.165) is 5.01 Å². The number of aliphatic hydroxyl groups is 2. The van der Waals surface area contributed by atoms with Crippen LogP contribution in [0.1, 0.15) is 18.9 Å². The third-order valence-corrected chi connectivity index (χ3v) is 2.95. The molecule has 0 saturated heterocycles. The van der Waals surface area contributed by atoms with Crippen LogP contribution < -0.4 is 0 Å². The Morgan fingerprint density at radius 2 is 2.27 bits per heavy atom. The number of hydrogen-bond donors (Lipinski definition) is 2. The van der Waals surface area contributed by atoms with Crippen LogP contribution in [-0.2, 0) is 6.54 Å². The van der Waals surface area contributed by atoms with E-state index in [2.05, 4.69) is 4.98 Å². The molecule has 15 heavy (non-hydrogen) atoms. The fourth-order valence-electron chi connectivity index (χ4n) is 1.15. The molecule has 0 aliphatic rings. The van der Waals surface area contributed by atoms with Crippen molar-refractivity contribution in [2.45, 2.75) is 32.1 Å². The van der Waals surface area contributed by atoms with Gasteiger partial charge in [0.15, 0.2) is 0 Å². The summed E-state index contributed by atoms with van der Waals surface area (Å²) in [6, 6.07) is 0. The Balaban J connectivity index is 2.39. The molecule has 0 fully saturated rings. The van der Waals surface area contributed by atoms with Crippen molar-refractivity contribution in [3.05, 3.63) is 16.6 Å². The molecule has 1 aromatic rings. The summed E-state index contributed by atoms with van der Waals surface area (Å²) < 4.78 is 0. The third kappa shape index (κ3) is 4.25. The summed E-state index contributed by atoms with van der Waals surface area (Å²) in [7, 11) is 1.90. The second-order valence-corrected chi connectivity index (χ2v) is 5.27. The van der Waals surface area contributed by atoms with Crippen molar-refractivity contribution in [1.82, 2.24) is 9.88 Å². The molecular formula is C10H18N2O2S. The highest BCUT2D eigenvalue weighted by Gasteiger charge is 2.25. The fraction of sp³-hybridized carbons (Fsp3) is 0.700. The molecule has 1 heterocycles. The third-order valence-electron chi connectivity index (χ3n) is 2.19. The van der Waals surface area contributed by atoms with Crippen molar-refractivity contribution in [2.24, 2.45) is 0 Å². The highest BCUT2D eigenvalue weighted by atomic mass is 32.1. The first-order valence-electron chi connectivity index (χ1n) is 4.87. The van der Waals surface area contributed by atoms with Gasteiger partial charge in [-0.2, -0.15) is 0 Å². The van der Waals surface area contributed by atoms with Gasteiger partial charge in [-0.25, -0.2) is 4.98 Å². The fourth-order valence-corrected chi connectivity index (χ4v) is 1.84. The molecule has 1 unspecified atom stereocenters. The first kappa shape index (κ1) is 12.6.